The quantitative estimate of drug-likeness (QED) is 0.259. The number of carbonyl (C=O) groups is 3. The maximum absolute atomic E-state index is 13.2. The number of aliphatic hydroxyl groups excluding tert-OH is 1. The van der Waals surface area contributed by atoms with Crippen LogP contribution in [0.5, 0.6) is 5.75 Å². The van der Waals surface area contributed by atoms with Crippen LogP contribution >= 0.6 is 15.9 Å². The predicted octanol–water partition coefficient (Wildman–Crippen LogP) is 5.09. The number of aryl methyl sites for hydroxylation is 1. The Morgan fingerprint density at radius 1 is 1.00 bits per heavy atom. The molecule has 0 spiro atoms. The summed E-state index contributed by atoms with van der Waals surface area (Å²) >= 11 is 3.43. The number of Topliss-reactive ketones (excluding diaryl/α,β-unsaturated/α-hetero) is 1. The first-order valence-corrected chi connectivity index (χ1v) is 11.5. The molecular formula is C27H22BrNO6. The fourth-order valence-corrected chi connectivity index (χ4v) is 4.34. The number of aliphatic hydroxyl groups is 1. The van der Waals surface area contributed by atoms with Crippen molar-refractivity contribution in [3.05, 3.63) is 105 Å². The zero-order valence-electron chi connectivity index (χ0n) is 19.0. The van der Waals surface area contributed by atoms with Gasteiger partial charge in [0.1, 0.15) is 11.5 Å². The molecule has 0 aliphatic carbocycles. The largest absolute Gasteiger partial charge is 0.507 e. The molecule has 7 nitrogen and oxygen atoms in total. The van der Waals surface area contributed by atoms with Gasteiger partial charge in [0.15, 0.2) is 0 Å². The monoisotopic (exact) mass is 535 g/mol. The van der Waals surface area contributed by atoms with E-state index in [1.807, 2.05) is 6.92 Å². The van der Waals surface area contributed by atoms with Gasteiger partial charge in [-0.15, -0.1) is 0 Å². The molecule has 178 valence electrons. The zero-order chi connectivity index (χ0) is 25.3. The smallest absolute Gasteiger partial charge is 0.335 e. The summed E-state index contributed by atoms with van der Waals surface area (Å²) in [6.45, 7) is 1.91. The molecule has 35 heavy (non-hydrogen) atoms. The van der Waals surface area contributed by atoms with Crippen LogP contribution in [0.3, 0.4) is 0 Å². The van der Waals surface area contributed by atoms with Crippen molar-refractivity contribution in [2.45, 2.75) is 19.5 Å². The second kappa shape index (κ2) is 9.76. The first kappa shape index (κ1) is 24.2. The zero-order valence-corrected chi connectivity index (χ0v) is 20.6. The van der Waals surface area contributed by atoms with Crippen LogP contribution in [-0.4, -0.2) is 39.9 Å². The first-order valence-electron chi connectivity index (χ1n) is 10.7. The Labute approximate surface area is 210 Å². The molecule has 0 bridgehead atoms. The Bertz CT molecular complexity index is 1360. The SMILES string of the molecule is COc1cccc(C2/C(=C(/O)c3ccc(Br)c(C)c3)C(=O)C(=O)N2Cc2ccc(C(=O)O)cc2)c1. The van der Waals surface area contributed by atoms with Gasteiger partial charge in [-0.3, -0.25) is 9.59 Å². The van der Waals surface area contributed by atoms with Crippen LogP contribution in [0.4, 0.5) is 0 Å². The van der Waals surface area contributed by atoms with Crippen molar-refractivity contribution in [2.24, 2.45) is 0 Å². The molecule has 0 aromatic heterocycles. The number of carboxylic acid groups (broad SMARTS) is 1. The van der Waals surface area contributed by atoms with Crippen molar-refractivity contribution < 1.29 is 29.3 Å². The number of carbonyl (C=O) groups excluding carboxylic acids is 2. The fourth-order valence-electron chi connectivity index (χ4n) is 4.10. The average molecular weight is 536 g/mol. The van der Waals surface area contributed by atoms with Crippen LogP contribution in [0.1, 0.15) is 38.7 Å². The molecule has 1 heterocycles. The molecule has 1 unspecified atom stereocenters. The van der Waals surface area contributed by atoms with Crippen LogP contribution in [-0.2, 0) is 16.1 Å². The number of ether oxygens (including phenoxy) is 1. The van der Waals surface area contributed by atoms with Crippen LogP contribution in [0, 0.1) is 6.92 Å². The van der Waals surface area contributed by atoms with Gasteiger partial charge in [0, 0.05) is 16.6 Å². The maximum Gasteiger partial charge on any atom is 0.335 e. The van der Waals surface area contributed by atoms with Gasteiger partial charge in [0.05, 0.1) is 24.3 Å². The van der Waals surface area contributed by atoms with Gasteiger partial charge in [-0.1, -0.05) is 46.3 Å². The van der Waals surface area contributed by atoms with Gasteiger partial charge in [-0.2, -0.15) is 0 Å². The van der Waals surface area contributed by atoms with E-state index in [1.54, 1.807) is 54.6 Å². The van der Waals surface area contributed by atoms with E-state index in [9.17, 15) is 19.5 Å². The van der Waals surface area contributed by atoms with Crippen molar-refractivity contribution in [1.82, 2.24) is 4.90 Å². The third kappa shape index (κ3) is 4.70. The number of halogens is 1. The van der Waals surface area contributed by atoms with E-state index >= 15 is 0 Å². The topological polar surface area (TPSA) is 104 Å². The van der Waals surface area contributed by atoms with E-state index in [0.29, 0.717) is 22.4 Å². The fraction of sp³-hybridized carbons (Fsp3) is 0.148. The molecule has 4 rings (SSSR count). The molecule has 0 radical (unpaired) electrons. The van der Waals surface area contributed by atoms with Crippen LogP contribution < -0.4 is 4.74 Å². The van der Waals surface area contributed by atoms with Crippen molar-refractivity contribution in [1.29, 1.82) is 0 Å². The lowest BCUT2D eigenvalue weighted by Crippen LogP contribution is -2.29. The number of amides is 1. The summed E-state index contributed by atoms with van der Waals surface area (Å²) in [5.41, 5.74) is 2.62. The number of likely N-dealkylation sites (tertiary alicyclic amines) is 1. The minimum atomic E-state index is -1.06. The molecule has 1 saturated heterocycles. The van der Waals surface area contributed by atoms with Gasteiger partial charge >= 0.3 is 5.97 Å². The predicted molar refractivity (Wildman–Crippen MR) is 133 cm³/mol. The molecule has 3 aromatic rings. The number of methoxy groups -OCH3 is 1. The third-order valence-corrected chi connectivity index (χ3v) is 6.82. The summed E-state index contributed by atoms with van der Waals surface area (Å²) < 4.78 is 6.19. The second-order valence-electron chi connectivity index (χ2n) is 8.17. The summed E-state index contributed by atoms with van der Waals surface area (Å²) in [5, 5.41) is 20.4. The number of hydrogen-bond donors (Lipinski definition) is 2. The molecule has 1 atom stereocenters. The second-order valence-corrected chi connectivity index (χ2v) is 9.02. The highest BCUT2D eigenvalue weighted by Crippen LogP contribution is 2.41. The Balaban J connectivity index is 1.85. The lowest BCUT2D eigenvalue weighted by atomic mass is 9.94. The number of rotatable bonds is 6. The highest BCUT2D eigenvalue weighted by atomic mass is 79.9. The van der Waals surface area contributed by atoms with E-state index in [0.717, 1.165) is 10.0 Å². The van der Waals surface area contributed by atoms with E-state index < -0.39 is 23.7 Å². The number of nitrogens with zero attached hydrogens (tertiary/aromatic N) is 1. The van der Waals surface area contributed by atoms with E-state index in [1.165, 1.54) is 24.1 Å². The number of benzene rings is 3. The van der Waals surface area contributed by atoms with Crippen LogP contribution in [0.25, 0.3) is 5.76 Å². The molecule has 8 heteroatoms. The van der Waals surface area contributed by atoms with Crippen LogP contribution in [0.2, 0.25) is 0 Å². The molecule has 3 aromatic carbocycles. The summed E-state index contributed by atoms with van der Waals surface area (Å²) in [5.74, 6) is -2.33. The Morgan fingerprint density at radius 2 is 1.69 bits per heavy atom. The summed E-state index contributed by atoms with van der Waals surface area (Å²) in [4.78, 5) is 39.0. The van der Waals surface area contributed by atoms with Crippen molar-refractivity contribution in [2.75, 3.05) is 7.11 Å². The number of ketones is 1. The minimum Gasteiger partial charge on any atom is -0.507 e. The summed E-state index contributed by atoms with van der Waals surface area (Å²) in [7, 11) is 1.52. The molecule has 2 N–H and O–H groups in total. The van der Waals surface area contributed by atoms with Gasteiger partial charge in [0.25, 0.3) is 11.7 Å². The van der Waals surface area contributed by atoms with Gasteiger partial charge in [0.2, 0.25) is 0 Å². The molecular weight excluding hydrogens is 514 g/mol. The minimum absolute atomic E-state index is 0.0212. The maximum atomic E-state index is 13.2. The van der Waals surface area contributed by atoms with E-state index in [-0.39, 0.29) is 23.4 Å². The number of aromatic carboxylic acids is 1. The van der Waals surface area contributed by atoms with Crippen LogP contribution in [0.15, 0.2) is 76.8 Å². The molecule has 1 amide bonds. The molecule has 0 saturated carbocycles. The highest BCUT2D eigenvalue weighted by molar-refractivity contribution is 9.10. The Hall–Kier alpha value is -3.91. The van der Waals surface area contributed by atoms with Gasteiger partial charge < -0.3 is 19.8 Å². The molecule has 1 aliphatic heterocycles. The average Bonchev–Trinajstić information content (AvgIpc) is 3.10. The van der Waals surface area contributed by atoms with E-state index in [4.69, 9.17) is 9.84 Å². The lowest BCUT2D eigenvalue weighted by Gasteiger charge is -2.26. The third-order valence-electron chi connectivity index (χ3n) is 5.93. The van der Waals surface area contributed by atoms with Gasteiger partial charge in [-0.25, -0.2) is 4.79 Å². The van der Waals surface area contributed by atoms with Crippen molar-refractivity contribution >= 4 is 39.3 Å². The first-order chi connectivity index (χ1) is 16.7. The Kier molecular flexibility index (Phi) is 6.75. The normalized spacial score (nSPS) is 17.0. The molecule has 1 aliphatic rings. The van der Waals surface area contributed by atoms with Crippen molar-refractivity contribution in [3.63, 3.8) is 0 Å². The molecule has 1 fully saturated rings. The standard InChI is InChI=1S/C27H22BrNO6/c1-15-12-19(10-11-21(15)28)24(30)22-23(18-4-3-5-20(13-18)35-2)29(26(32)25(22)31)14-16-6-8-17(9-7-16)27(33)34/h3-13,23,30H,14H2,1-2H3,(H,33,34)/b24-22-. The van der Waals surface area contributed by atoms with Gasteiger partial charge in [-0.05, 0) is 60.0 Å². The van der Waals surface area contributed by atoms with E-state index in [2.05, 4.69) is 15.9 Å². The summed E-state index contributed by atoms with van der Waals surface area (Å²) in [6.07, 6.45) is 0. The Morgan fingerprint density at radius 3 is 2.31 bits per heavy atom. The highest BCUT2D eigenvalue weighted by Gasteiger charge is 2.46. The number of carboxylic acids is 1. The summed E-state index contributed by atoms with van der Waals surface area (Å²) in [6, 6.07) is 17.4. The lowest BCUT2D eigenvalue weighted by molar-refractivity contribution is -0.140. The number of hydrogen-bond acceptors (Lipinski definition) is 5. The van der Waals surface area contributed by atoms with Crippen molar-refractivity contribution in [3.8, 4) is 5.75 Å².